The maximum Gasteiger partial charge on any atom is 0.391 e. The summed E-state index contributed by atoms with van der Waals surface area (Å²) in [5, 5.41) is 17.1. The number of fused-ring (bicyclic) bond motifs is 1. The molecule has 2 aromatic heterocycles. The summed E-state index contributed by atoms with van der Waals surface area (Å²) < 4.78 is 40.7. The van der Waals surface area contributed by atoms with Crippen molar-refractivity contribution in [2.24, 2.45) is 0 Å². The summed E-state index contributed by atoms with van der Waals surface area (Å²) >= 11 is 0. The first kappa shape index (κ1) is 28.6. The first-order valence-corrected chi connectivity index (χ1v) is 13.2. The van der Waals surface area contributed by atoms with E-state index in [1.54, 1.807) is 6.20 Å². The Kier molecular flexibility index (Phi) is 9.18. The quantitative estimate of drug-likeness (QED) is 0.376. The van der Waals surface area contributed by atoms with Crippen molar-refractivity contribution in [3.63, 3.8) is 0 Å². The van der Waals surface area contributed by atoms with E-state index < -0.39 is 18.6 Å². The number of hydrogen-bond donors (Lipinski definition) is 3. The second-order valence-corrected chi connectivity index (χ2v) is 10.4. The molecule has 0 radical (unpaired) electrons. The second kappa shape index (κ2) is 12.2. The van der Waals surface area contributed by atoms with Gasteiger partial charge in [0.25, 0.3) is 0 Å². The lowest BCUT2D eigenvalue weighted by molar-refractivity contribution is -0.136. The van der Waals surface area contributed by atoms with E-state index in [1.165, 1.54) is 12.5 Å². The minimum atomic E-state index is -4.26. The molecule has 5 rings (SSSR count). The molecule has 2 aliphatic rings. The predicted molar refractivity (Wildman–Crippen MR) is 146 cm³/mol. The number of aliphatic hydroxyl groups is 1. The van der Waals surface area contributed by atoms with Gasteiger partial charge in [0, 0.05) is 68.2 Å². The Labute approximate surface area is 227 Å². The monoisotopic (exact) mass is 552 g/mol. The van der Waals surface area contributed by atoms with Crippen molar-refractivity contribution in [2.45, 2.75) is 69.9 Å². The molecule has 1 saturated heterocycles. The summed E-state index contributed by atoms with van der Waals surface area (Å²) in [6.07, 6.45) is 1.40. The van der Waals surface area contributed by atoms with Crippen LogP contribution in [-0.2, 0) is 6.54 Å². The number of aromatic nitrogens is 3. The fraction of sp³-hybridized carbons (Fsp3) is 0.556. The minimum Gasteiger partial charge on any atom is -0.393 e. The third kappa shape index (κ3) is 6.97. The molecule has 11 heteroatoms. The number of nitrogens with one attached hydrogen (secondary N) is 2. The van der Waals surface area contributed by atoms with Crippen LogP contribution in [0.2, 0.25) is 0 Å². The van der Waals surface area contributed by atoms with Crippen LogP contribution < -0.4 is 10.6 Å². The molecule has 0 spiro atoms. The number of alkyl halides is 3. The summed E-state index contributed by atoms with van der Waals surface area (Å²) in [5.41, 5.74) is 4.03. The second-order valence-electron chi connectivity index (χ2n) is 10.4. The Balaban J connectivity index is 0.00000336. The highest BCUT2D eigenvalue weighted by Crippen LogP contribution is 2.37. The van der Waals surface area contributed by atoms with Gasteiger partial charge in [0.05, 0.1) is 12.5 Å². The molecule has 3 N–H and O–H groups in total. The summed E-state index contributed by atoms with van der Waals surface area (Å²) in [5.74, 6) is 0.192. The third-order valence-electron chi connectivity index (χ3n) is 7.43. The number of nitrogens with zero attached hydrogens (tertiary/aromatic N) is 4. The van der Waals surface area contributed by atoms with Gasteiger partial charge in [0.2, 0.25) is 5.95 Å². The zero-order chi connectivity index (χ0) is 26.0. The molecule has 0 unspecified atom stereocenters. The van der Waals surface area contributed by atoms with Gasteiger partial charge >= 0.3 is 6.18 Å². The normalized spacial score (nSPS) is 21.7. The Morgan fingerprint density at radius 1 is 1.11 bits per heavy atom. The van der Waals surface area contributed by atoms with Crippen LogP contribution in [0.3, 0.4) is 0 Å². The van der Waals surface area contributed by atoms with Gasteiger partial charge in [0.1, 0.15) is 5.65 Å². The van der Waals surface area contributed by atoms with Crippen LogP contribution in [0.25, 0.3) is 22.2 Å². The van der Waals surface area contributed by atoms with Gasteiger partial charge in [-0.1, -0.05) is 24.3 Å². The smallest absolute Gasteiger partial charge is 0.391 e. The summed E-state index contributed by atoms with van der Waals surface area (Å²) in [6.45, 7) is 6.52. The summed E-state index contributed by atoms with van der Waals surface area (Å²) in [7, 11) is 0. The zero-order valence-electron chi connectivity index (χ0n) is 21.5. The zero-order valence-corrected chi connectivity index (χ0v) is 22.4. The van der Waals surface area contributed by atoms with Gasteiger partial charge in [-0.25, -0.2) is 4.98 Å². The minimum absolute atomic E-state index is 0. The summed E-state index contributed by atoms with van der Waals surface area (Å²) in [4.78, 5) is 11.5. The van der Waals surface area contributed by atoms with Crippen molar-refractivity contribution in [3.05, 3.63) is 42.2 Å². The van der Waals surface area contributed by atoms with Crippen LogP contribution in [0.5, 0.6) is 0 Å². The number of piperazine rings is 1. The van der Waals surface area contributed by atoms with Crippen LogP contribution in [0.15, 0.2) is 36.7 Å². The van der Waals surface area contributed by atoms with Crippen molar-refractivity contribution >= 4 is 29.4 Å². The van der Waals surface area contributed by atoms with Gasteiger partial charge < -0.3 is 20.3 Å². The van der Waals surface area contributed by atoms with Crippen molar-refractivity contribution in [3.8, 4) is 11.1 Å². The molecule has 0 amide bonds. The molecule has 38 heavy (non-hydrogen) atoms. The highest BCUT2D eigenvalue weighted by molar-refractivity contribution is 5.94. The molecule has 1 atom stereocenters. The molecular weight excluding hydrogens is 517 g/mol. The summed E-state index contributed by atoms with van der Waals surface area (Å²) in [6, 6.07) is 7.90. The fourth-order valence-electron chi connectivity index (χ4n) is 5.48. The van der Waals surface area contributed by atoms with Crippen molar-refractivity contribution in [1.82, 2.24) is 24.8 Å². The van der Waals surface area contributed by atoms with E-state index >= 15 is 0 Å². The maximum absolute atomic E-state index is 12.8. The van der Waals surface area contributed by atoms with E-state index in [2.05, 4.69) is 60.5 Å². The topological polar surface area (TPSA) is 78.2 Å². The molecule has 1 saturated carbocycles. The van der Waals surface area contributed by atoms with Crippen molar-refractivity contribution in [1.29, 1.82) is 0 Å². The number of aliphatic hydroxyl groups excluding tert-OH is 1. The average molecular weight is 553 g/mol. The molecule has 3 aromatic rings. The molecule has 3 heterocycles. The van der Waals surface area contributed by atoms with Crippen LogP contribution in [-0.4, -0.2) is 69.0 Å². The Hall–Kier alpha value is -2.40. The Morgan fingerprint density at radius 2 is 1.79 bits per heavy atom. The van der Waals surface area contributed by atoms with E-state index in [-0.39, 0.29) is 30.5 Å². The van der Waals surface area contributed by atoms with E-state index in [1.807, 2.05) is 0 Å². The van der Waals surface area contributed by atoms with Crippen molar-refractivity contribution in [2.75, 3.05) is 31.5 Å². The number of benzene rings is 1. The lowest BCUT2D eigenvalue weighted by Crippen LogP contribution is -2.42. The van der Waals surface area contributed by atoms with Crippen LogP contribution in [0, 0.1) is 0 Å². The third-order valence-corrected chi connectivity index (χ3v) is 7.43. The Bertz CT molecular complexity index is 1190. The lowest BCUT2D eigenvalue weighted by atomic mass is 9.93. The molecular formula is C27H36ClF3N6O. The van der Waals surface area contributed by atoms with Crippen LogP contribution in [0.1, 0.15) is 50.6 Å². The lowest BCUT2D eigenvalue weighted by Gasteiger charge is -2.27. The average Bonchev–Trinajstić information content (AvgIpc) is 3.23. The van der Waals surface area contributed by atoms with Gasteiger partial charge in [-0.05, 0) is 43.7 Å². The van der Waals surface area contributed by atoms with Gasteiger partial charge in [-0.2, -0.15) is 18.2 Å². The van der Waals surface area contributed by atoms with Crippen LogP contribution >= 0.6 is 12.4 Å². The molecule has 1 aliphatic heterocycles. The van der Waals surface area contributed by atoms with E-state index in [0.717, 1.165) is 74.9 Å². The molecule has 1 aliphatic carbocycles. The standard InChI is InChI=1S/C27H35F3N6O.ClH/c1-18(14-27(28,29)30)33-26-32-15-23-24(17-36(25(23)34-26)21-6-8-22(37)9-7-21)20-4-2-19(3-5-20)16-35-12-10-31-11-13-35;/h2-5,15,17-18,21-22,31,37H,6-14,16H2,1H3,(H,32,33,34);1H/t18-,21?,22?;/m0./s1. The van der Waals surface area contributed by atoms with Gasteiger partial charge in [0.15, 0.2) is 0 Å². The first-order chi connectivity index (χ1) is 17.7. The number of rotatable bonds is 7. The molecule has 7 nitrogen and oxygen atoms in total. The van der Waals surface area contributed by atoms with Crippen molar-refractivity contribution < 1.29 is 18.3 Å². The molecule has 1 aromatic carbocycles. The van der Waals surface area contributed by atoms with Gasteiger partial charge in [-0.3, -0.25) is 4.90 Å². The van der Waals surface area contributed by atoms with E-state index in [9.17, 15) is 18.3 Å². The predicted octanol–water partition coefficient (Wildman–Crippen LogP) is 5.15. The SMILES string of the molecule is C[C@@H](CC(F)(F)F)Nc1ncc2c(-c3ccc(CN4CCNCC4)cc3)cn(C3CCC(O)CC3)c2n1.Cl. The fourth-order valence-corrected chi connectivity index (χ4v) is 5.48. The van der Waals surface area contributed by atoms with E-state index in [4.69, 9.17) is 0 Å². The highest BCUT2D eigenvalue weighted by Gasteiger charge is 2.30. The maximum atomic E-state index is 12.8. The number of halogens is 4. The van der Waals surface area contributed by atoms with Gasteiger partial charge in [-0.15, -0.1) is 12.4 Å². The number of hydrogen-bond acceptors (Lipinski definition) is 6. The van der Waals surface area contributed by atoms with Crippen LogP contribution in [0.4, 0.5) is 19.1 Å². The first-order valence-electron chi connectivity index (χ1n) is 13.2. The molecule has 0 bridgehead atoms. The molecule has 208 valence electrons. The highest BCUT2D eigenvalue weighted by atomic mass is 35.5. The number of anilines is 1. The van der Waals surface area contributed by atoms with E-state index in [0.29, 0.717) is 5.65 Å². The largest absolute Gasteiger partial charge is 0.393 e. The molecule has 2 fully saturated rings. The Morgan fingerprint density at radius 3 is 2.45 bits per heavy atom.